The Morgan fingerprint density at radius 2 is 2.07 bits per heavy atom. The molecule has 4 N–H and O–H groups in total. The summed E-state index contributed by atoms with van der Waals surface area (Å²) < 4.78 is 0. The van der Waals surface area contributed by atoms with Crippen LogP contribution in [0.4, 0.5) is 0 Å². The van der Waals surface area contributed by atoms with Crippen LogP contribution in [0.5, 0.6) is 0 Å². The first kappa shape index (κ1) is 24.1. The fraction of sp³-hybridized carbons (Fsp3) is 0.542. The van der Waals surface area contributed by atoms with Gasteiger partial charge in [-0.1, -0.05) is 60.8 Å². The Labute approximate surface area is 170 Å². The van der Waals surface area contributed by atoms with Crippen LogP contribution in [-0.2, 0) is 4.79 Å². The van der Waals surface area contributed by atoms with Gasteiger partial charge < -0.3 is 15.9 Å². The largest absolute Gasteiger partial charge is 0.393 e. The van der Waals surface area contributed by atoms with E-state index in [4.69, 9.17) is 5.73 Å². The zero-order valence-electron chi connectivity index (χ0n) is 17.2. The Morgan fingerprint density at radius 1 is 1.29 bits per heavy atom. The minimum absolute atomic E-state index is 0.0896. The monoisotopic (exact) mass is 387 g/mol. The Balaban J connectivity index is 2.45. The van der Waals surface area contributed by atoms with Crippen molar-refractivity contribution in [3.05, 3.63) is 60.8 Å². The maximum Gasteiger partial charge on any atom is 0.217 e. The highest BCUT2D eigenvalue weighted by atomic mass is 16.3. The van der Waals surface area contributed by atoms with Crippen LogP contribution in [0.1, 0.15) is 58.3 Å². The summed E-state index contributed by atoms with van der Waals surface area (Å²) in [5.74, 6) is 0.230. The van der Waals surface area contributed by atoms with E-state index in [0.717, 1.165) is 38.5 Å². The molecule has 0 bridgehead atoms. The lowest BCUT2D eigenvalue weighted by Gasteiger charge is -2.18. The summed E-state index contributed by atoms with van der Waals surface area (Å²) in [6.45, 7) is 5.66. The number of carbonyl (C=O) groups excluding carboxylic acids is 1. The molecule has 0 radical (unpaired) electrons. The lowest BCUT2D eigenvalue weighted by molar-refractivity contribution is -0.118. The standard InChI is InChI=1S/C24H37NO3/c1-3-5-10-19(4-2)13-15-21(26)16-17-22-20(14-18-23(22)27)11-8-6-7-9-12-24(25)28/h3-6,8,10,16-17,20-23,26-27H,1,7,9,11-15,18H2,2H3,(H2,25,28)/b8-6-,10-5-,17-16+,19-4+/t20-,21-,22?,23+/m0/s1. The van der Waals surface area contributed by atoms with Gasteiger partial charge in [0.2, 0.25) is 5.91 Å². The van der Waals surface area contributed by atoms with Gasteiger partial charge in [-0.2, -0.15) is 0 Å². The normalized spacial score (nSPS) is 24.5. The highest BCUT2D eigenvalue weighted by molar-refractivity contribution is 5.73. The van der Waals surface area contributed by atoms with Gasteiger partial charge in [0.25, 0.3) is 0 Å². The van der Waals surface area contributed by atoms with Gasteiger partial charge in [-0.3, -0.25) is 4.79 Å². The van der Waals surface area contributed by atoms with Gasteiger partial charge in [-0.25, -0.2) is 0 Å². The third kappa shape index (κ3) is 9.86. The molecule has 0 spiro atoms. The van der Waals surface area contributed by atoms with Crippen LogP contribution in [0.3, 0.4) is 0 Å². The van der Waals surface area contributed by atoms with Crippen LogP contribution in [0, 0.1) is 11.8 Å². The van der Waals surface area contributed by atoms with Gasteiger partial charge in [0.05, 0.1) is 12.2 Å². The number of hydrogen-bond acceptors (Lipinski definition) is 3. The van der Waals surface area contributed by atoms with Gasteiger partial charge >= 0.3 is 0 Å². The number of primary amides is 1. The van der Waals surface area contributed by atoms with E-state index in [0.29, 0.717) is 18.8 Å². The molecule has 0 aromatic heterocycles. The van der Waals surface area contributed by atoms with E-state index in [9.17, 15) is 15.0 Å². The van der Waals surface area contributed by atoms with E-state index >= 15 is 0 Å². The number of carbonyl (C=O) groups is 1. The first-order valence-corrected chi connectivity index (χ1v) is 10.4. The second-order valence-electron chi connectivity index (χ2n) is 7.50. The van der Waals surface area contributed by atoms with Crippen LogP contribution in [0.2, 0.25) is 0 Å². The molecule has 1 aliphatic carbocycles. The predicted molar refractivity (Wildman–Crippen MR) is 116 cm³/mol. The fourth-order valence-electron chi connectivity index (χ4n) is 3.61. The van der Waals surface area contributed by atoms with Crippen molar-refractivity contribution in [1.29, 1.82) is 0 Å². The summed E-state index contributed by atoms with van der Waals surface area (Å²) in [6.07, 6.45) is 21.2. The summed E-state index contributed by atoms with van der Waals surface area (Å²) in [4.78, 5) is 10.7. The SMILES string of the molecule is C=C/C=C\C(=C/C)CC[C@H](O)/C=C/C1[C@@H](C/C=C\CCCC(N)=O)CC[C@H]1O. The molecule has 156 valence electrons. The van der Waals surface area contributed by atoms with Gasteiger partial charge in [-0.05, 0) is 57.8 Å². The molecule has 0 aromatic carbocycles. The molecule has 1 saturated carbocycles. The first-order chi connectivity index (χ1) is 13.5. The second kappa shape index (κ2) is 14.1. The van der Waals surface area contributed by atoms with Crippen molar-refractivity contribution in [3.8, 4) is 0 Å². The minimum Gasteiger partial charge on any atom is -0.393 e. The van der Waals surface area contributed by atoms with Crippen molar-refractivity contribution in [2.45, 2.75) is 70.5 Å². The Hall–Kier alpha value is -1.91. The van der Waals surface area contributed by atoms with Crippen molar-refractivity contribution in [2.75, 3.05) is 0 Å². The molecule has 4 atom stereocenters. The van der Waals surface area contributed by atoms with Crippen LogP contribution in [-0.4, -0.2) is 28.3 Å². The number of nitrogens with two attached hydrogens (primary N) is 1. The average molecular weight is 388 g/mol. The van der Waals surface area contributed by atoms with E-state index in [1.165, 1.54) is 5.57 Å². The average Bonchev–Trinajstić information content (AvgIpc) is 3.02. The zero-order valence-corrected chi connectivity index (χ0v) is 17.2. The highest BCUT2D eigenvalue weighted by Gasteiger charge is 2.32. The summed E-state index contributed by atoms with van der Waals surface area (Å²) in [5.41, 5.74) is 6.31. The molecule has 0 saturated heterocycles. The number of allylic oxidation sites excluding steroid dienone is 7. The Bertz CT molecular complexity index is 589. The summed E-state index contributed by atoms with van der Waals surface area (Å²) in [7, 11) is 0. The van der Waals surface area contributed by atoms with Crippen LogP contribution in [0.25, 0.3) is 0 Å². The maximum absolute atomic E-state index is 10.7. The van der Waals surface area contributed by atoms with E-state index < -0.39 is 6.10 Å². The topological polar surface area (TPSA) is 83.5 Å². The van der Waals surface area contributed by atoms with Gasteiger partial charge in [0.15, 0.2) is 0 Å². The number of aliphatic hydroxyl groups is 2. The Kier molecular flexibility index (Phi) is 12.2. The predicted octanol–water partition coefficient (Wildman–Crippen LogP) is 4.36. The third-order valence-corrected chi connectivity index (χ3v) is 5.32. The van der Waals surface area contributed by atoms with Gasteiger partial charge in [0, 0.05) is 12.3 Å². The van der Waals surface area contributed by atoms with Crippen molar-refractivity contribution >= 4 is 5.91 Å². The van der Waals surface area contributed by atoms with E-state index in [1.807, 2.05) is 37.3 Å². The molecule has 0 aliphatic heterocycles. The van der Waals surface area contributed by atoms with Crippen molar-refractivity contribution < 1.29 is 15.0 Å². The molecule has 0 heterocycles. The van der Waals surface area contributed by atoms with Crippen LogP contribution >= 0.6 is 0 Å². The first-order valence-electron chi connectivity index (χ1n) is 10.4. The second-order valence-corrected chi connectivity index (χ2v) is 7.50. The quantitative estimate of drug-likeness (QED) is 0.249. The summed E-state index contributed by atoms with van der Waals surface area (Å²) in [5, 5.41) is 20.6. The van der Waals surface area contributed by atoms with E-state index in [-0.39, 0.29) is 17.9 Å². The molecule has 28 heavy (non-hydrogen) atoms. The van der Waals surface area contributed by atoms with Crippen LogP contribution < -0.4 is 5.73 Å². The van der Waals surface area contributed by atoms with Crippen LogP contribution in [0.15, 0.2) is 60.8 Å². The molecule has 1 amide bonds. The fourth-order valence-corrected chi connectivity index (χ4v) is 3.61. The van der Waals surface area contributed by atoms with Crippen molar-refractivity contribution in [1.82, 2.24) is 0 Å². The number of rotatable bonds is 13. The molecule has 4 nitrogen and oxygen atoms in total. The van der Waals surface area contributed by atoms with Gasteiger partial charge in [-0.15, -0.1) is 0 Å². The molecule has 4 heteroatoms. The van der Waals surface area contributed by atoms with Gasteiger partial charge in [0.1, 0.15) is 0 Å². The third-order valence-electron chi connectivity index (χ3n) is 5.32. The smallest absolute Gasteiger partial charge is 0.217 e. The maximum atomic E-state index is 10.7. The highest BCUT2D eigenvalue weighted by Crippen LogP contribution is 2.36. The summed E-state index contributed by atoms with van der Waals surface area (Å²) in [6, 6.07) is 0. The van der Waals surface area contributed by atoms with Crippen molar-refractivity contribution in [2.24, 2.45) is 17.6 Å². The Morgan fingerprint density at radius 3 is 2.75 bits per heavy atom. The molecular weight excluding hydrogens is 350 g/mol. The number of hydrogen-bond donors (Lipinski definition) is 3. The molecule has 1 aliphatic rings. The molecule has 0 aromatic rings. The number of aliphatic hydroxyl groups excluding tert-OH is 2. The zero-order chi connectivity index (χ0) is 20.8. The summed E-state index contributed by atoms with van der Waals surface area (Å²) >= 11 is 0. The van der Waals surface area contributed by atoms with E-state index in [2.05, 4.69) is 18.7 Å². The van der Waals surface area contributed by atoms with E-state index in [1.54, 1.807) is 6.08 Å². The lowest BCUT2D eigenvalue weighted by atomic mass is 9.90. The molecule has 1 unspecified atom stereocenters. The molecular formula is C24H37NO3. The number of amides is 1. The molecule has 1 rings (SSSR count). The lowest BCUT2D eigenvalue weighted by Crippen LogP contribution is -2.17. The number of unbranched alkanes of at least 4 members (excludes halogenated alkanes) is 1. The molecule has 1 fully saturated rings. The minimum atomic E-state index is -0.509. The van der Waals surface area contributed by atoms with Crippen molar-refractivity contribution in [3.63, 3.8) is 0 Å².